The summed E-state index contributed by atoms with van der Waals surface area (Å²) >= 11 is 1.77. The van der Waals surface area contributed by atoms with Crippen molar-refractivity contribution in [3.63, 3.8) is 0 Å². The maximum absolute atomic E-state index is 8.88. The first kappa shape index (κ1) is 14.6. The first-order valence-corrected chi connectivity index (χ1v) is 7.06. The number of hydrogen-bond acceptors (Lipinski definition) is 5. The Bertz CT molecular complexity index is 448. The molecule has 0 saturated carbocycles. The number of anilines is 1. The van der Waals surface area contributed by atoms with Crippen molar-refractivity contribution in [3.05, 3.63) is 22.9 Å². The molecule has 5 nitrogen and oxygen atoms in total. The van der Waals surface area contributed by atoms with Crippen LogP contribution in [0.1, 0.15) is 16.8 Å². The molecule has 1 rings (SSSR count). The SMILES string of the molecule is CSCCN(C)c1nc(C)cc(C)c1/C(N)=N/O. The lowest BCUT2D eigenvalue weighted by Crippen LogP contribution is -2.27. The zero-order valence-corrected chi connectivity index (χ0v) is 12.1. The predicted octanol–water partition coefficient (Wildman–Crippen LogP) is 1.59. The molecule has 0 aliphatic heterocycles. The van der Waals surface area contributed by atoms with Crippen molar-refractivity contribution >= 4 is 23.4 Å². The van der Waals surface area contributed by atoms with Crippen molar-refractivity contribution in [2.45, 2.75) is 13.8 Å². The van der Waals surface area contributed by atoms with Crippen LogP contribution < -0.4 is 10.6 Å². The fourth-order valence-corrected chi connectivity index (χ4v) is 2.25. The molecule has 0 saturated heterocycles. The van der Waals surface area contributed by atoms with Crippen LogP contribution in [0.5, 0.6) is 0 Å². The van der Waals surface area contributed by atoms with Gasteiger partial charge in [-0.3, -0.25) is 0 Å². The lowest BCUT2D eigenvalue weighted by atomic mass is 10.1. The quantitative estimate of drug-likeness (QED) is 0.367. The zero-order valence-electron chi connectivity index (χ0n) is 11.3. The largest absolute Gasteiger partial charge is 0.409 e. The van der Waals surface area contributed by atoms with Crippen molar-refractivity contribution in [1.82, 2.24) is 4.98 Å². The number of nitrogens with two attached hydrogens (primary N) is 1. The summed E-state index contributed by atoms with van der Waals surface area (Å²) in [5.74, 6) is 1.86. The van der Waals surface area contributed by atoms with Gasteiger partial charge in [0.2, 0.25) is 0 Å². The maximum atomic E-state index is 8.88. The van der Waals surface area contributed by atoms with E-state index in [9.17, 15) is 0 Å². The van der Waals surface area contributed by atoms with Crippen molar-refractivity contribution in [2.75, 3.05) is 30.5 Å². The Morgan fingerprint density at radius 1 is 1.56 bits per heavy atom. The van der Waals surface area contributed by atoms with Crippen molar-refractivity contribution in [2.24, 2.45) is 10.9 Å². The average Bonchev–Trinajstić information content (AvgIpc) is 2.34. The Morgan fingerprint density at radius 3 is 2.78 bits per heavy atom. The molecule has 18 heavy (non-hydrogen) atoms. The second kappa shape index (κ2) is 6.49. The van der Waals surface area contributed by atoms with E-state index < -0.39 is 0 Å². The van der Waals surface area contributed by atoms with Gasteiger partial charge in [0.25, 0.3) is 0 Å². The van der Waals surface area contributed by atoms with Crippen molar-refractivity contribution in [3.8, 4) is 0 Å². The minimum atomic E-state index is 0.103. The minimum absolute atomic E-state index is 0.103. The van der Waals surface area contributed by atoms with E-state index in [2.05, 4.69) is 16.4 Å². The number of rotatable bonds is 5. The minimum Gasteiger partial charge on any atom is -0.409 e. The number of hydrogen-bond donors (Lipinski definition) is 2. The van der Waals surface area contributed by atoms with Crippen LogP contribution in [-0.2, 0) is 0 Å². The Kier molecular flexibility index (Phi) is 5.27. The van der Waals surface area contributed by atoms with Gasteiger partial charge in [-0.05, 0) is 31.7 Å². The molecule has 0 fully saturated rings. The Morgan fingerprint density at radius 2 is 2.22 bits per heavy atom. The molecule has 0 spiro atoms. The fraction of sp³-hybridized carbons (Fsp3) is 0.500. The summed E-state index contributed by atoms with van der Waals surface area (Å²) in [5.41, 5.74) is 8.33. The maximum Gasteiger partial charge on any atom is 0.174 e. The van der Waals surface area contributed by atoms with Gasteiger partial charge in [0.05, 0.1) is 5.56 Å². The molecule has 0 atom stereocenters. The van der Waals surface area contributed by atoms with Crippen LogP contribution in [0.2, 0.25) is 0 Å². The highest BCUT2D eigenvalue weighted by Gasteiger charge is 2.16. The summed E-state index contributed by atoms with van der Waals surface area (Å²) < 4.78 is 0. The Labute approximate surface area is 112 Å². The van der Waals surface area contributed by atoms with Crippen LogP contribution in [0.3, 0.4) is 0 Å². The van der Waals surface area contributed by atoms with Crippen molar-refractivity contribution < 1.29 is 5.21 Å². The topological polar surface area (TPSA) is 74.7 Å². The average molecular weight is 268 g/mol. The van der Waals surface area contributed by atoms with Crippen molar-refractivity contribution in [1.29, 1.82) is 0 Å². The summed E-state index contributed by atoms with van der Waals surface area (Å²) in [4.78, 5) is 6.53. The third kappa shape index (κ3) is 3.29. The summed E-state index contributed by atoms with van der Waals surface area (Å²) in [6.07, 6.45) is 2.06. The molecule has 0 bridgehead atoms. The lowest BCUT2D eigenvalue weighted by molar-refractivity contribution is 0.318. The van der Waals surface area contributed by atoms with Gasteiger partial charge < -0.3 is 15.8 Å². The molecule has 1 heterocycles. The van der Waals surface area contributed by atoms with Crippen LogP contribution in [0, 0.1) is 13.8 Å². The van der Waals surface area contributed by atoms with Gasteiger partial charge in [0.1, 0.15) is 5.82 Å². The number of amidine groups is 1. The highest BCUT2D eigenvalue weighted by atomic mass is 32.2. The smallest absolute Gasteiger partial charge is 0.174 e. The number of aryl methyl sites for hydroxylation is 2. The highest BCUT2D eigenvalue weighted by Crippen LogP contribution is 2.21. The Hall–Kier alpha value is -1.43. The van der Waals surface area contributed by atoms with Gasteiger partial charge in [0.15, 0.2) is 5.84 Å². The summed E-state index contributed by atoms with van der Waals surface area (Å²) in [6, 6.07) is 1.93. The van der Waals surface area contributed by atoms with Gasteiger partial charge in [-0.25, -0.2) is 4.98 Å². The van der Waals surface area contributed by atoms with E-state index in [-0.39, 0.29) is 5.84 Å². The van der Waals surface area contributed by atoms with Gasteiger partial charge >= 0.3 is 0 Å². The predicted molar refractivity (Wildman–Crippen MR) is 77.9 cm³/mol. The molecule has 0 aromatic carbocycles. The van der Waals surface area contributed by atoms with E-state index in [4.69, 9.17) is 10.9 Å². The number of thioether (sulfide) groups is 1. The highest BCUT2D eigenvalue weighted by molar-refractivity contribution is 7.98. The monoisotopic (exact) mass is 268 g/mol. The van der Waals surface area contributed by atoms with Gasteiger partial charge in [0, 0.05) is 25.0 Å². The summed E-state index contributed by atoms with van der Waals surface area (Å²) in [7, 11) is 1.96. The Balaban J connectivity index is 3.23. The standard InChI is InChI=1S/C12H20N4OS/c1-8-7-9(2)14-12(10(8)11(13)15-17)16(3)5-6-18-4/h7,17H,5-6H2,1-4H3,(H2,13,15). The van der Waals surface area contributed by atoms with Crippen LogP contribution in [0.25, 0.3) is 0 Å². The second-order valence-corrected chi connectivity index (χ2v) is 5.16. The van der Waals surface area contributed by atoms with Crippen LogP contribution in [0.4, 0.5) is 5.82 Å². The second-order valence-electron chi connectivity index (χ2n) is 4.18. The molecular formula is C12H20N4OS. The summed E-state index contributed by atoms with van der Waals surface area (Å²) in [5, 5.41) is 12.0. The van der Waals surface area contributed by atoms with Crippen LogP contribution >= 0.6 is 11.8 Å². The first-order chi connectivity index (χ1) is 8.51. The summed E-state index contributed by atoms with van der Waals surface area (Å²) in [6.45, 7) is 4.74. The van der Waals surface area contributed by atoms with E-state index in [0.717, 1.165) is 29.4 Å². The van der Waals surface area contributed by atoms with E-state index in [1.807, 2.05) is 31.9 Å². The molecule has 0 radical (unpaired) electrons. The zero-order chi connectivity index (χ0) is 13.7. The normalized spacial score (nSPS) is 11.7. The van der Waals surface area contributed by atoms with E-state index in [0.29, 0.717) is 5.56 Å². The molecule has 1 aromatic heterocycles. The number of pyridine rings is 1. The molecule has 0 aliphatic carbocycles. The molecule has 0 amide bonds. The lowest BCUT2D eigenvalue weighted by Gasteiger charge is -2.22. The van der Waals surface area contributed by atoms with E-state index >= 15 is 0 Å². The molecule has 0 aliphatic rings. The molecular weight excluding hydrogens is 248 g/mol. The third-order valence-corrected chi connectivity index (χ3v) is 3.27. The van der Waals surface area contributed by atoms with E-state index in [1.165, 1.54) is 0 Å². The van der Waals surface area contributed by atoms with Gasteiger partial charge in [-0.15, -0.1) is 0 Å². The van der Waals surface area contributed by atoms with Crippen LogP contribution in [-0.4, -0.2) is 41.6 Å². The molecule has 1 aromatic rings. The molecule has 6 heteroatoms. The van der Waals surface area contributed by atoms with Gasteiger partial charge in [-0.1, -0.05) is 5.16 Å². The van der Waals surface area contributed by atoms with Gasteiger partial charge in [-0.2, -0.15) is 11.8 Å². The number of aromatic nitrogens is 1. The third-order valence-electron chi connectivity index (χ3n) is 2.68. The number of nitrogens with zero attached hydrogens (tertiary/aromatic N) is 3. The first-order valence-electron chi connectivity index (χ1n) is 5.67. The molecule has 0 unspecified atom stereocenters. The molecule has 3 N–H and O–H groups in total. The van der Waals surface area contributed by atoms with E-state index in [1.54, 1.807) is 11.8 Å². The number of oxime groups is 1. The fourth-order valence-electron chi connectivity index (χ4n) is 1.79. The van der Waals surface area contributed by atoms with Crippen LogP contribution in [0.15, 0.2) is 11.2 Å². The molecule has 100 valence electrons.